The highest BCUT2D eigenvalue weighted by Gasteiger charge is 2.03. The van der Waals surface area contributed by atoms with Gasteiger partial charge in [-0.3, -0.25) is 4.79 Å². The van der Waals surface area contributed by atoms with E-state index in [0.717, 1.165) is 22.7 Å². The number of nitrogens with one attached hydrogen (secondary N) is 1. The van der Waals surface area contributed by atoms with Gasteiger partial charge < -0.3 is 20.5 Å². The molecule has 3 N–H and O–H groups in total. The number of nitrogens with two attached hydrogens (primary N) is 1. The zero-order valence-electron chi connectivity index (χ0n) is 12.1. The van der Waals surface area contributed by atoms with Gasteiger partial charge in [0.15, 0.2) is 0 Å². The van der Waals surface area contributed by atoms with Crippen molar-refractivity contribution in [3.8, 4) is 11.5 Å². The molecule has 0 aliphatic rings. The lowest BCUT2D eigenvalue weighted by Crippen LogP contribution is -2.10. The summed E-state index contributed by atoms with van der Waals surface area (Å²) in [7, 11) is 3.22. The summed E-state index contributed by atoms with van der Waals surface area (Å²) in [4.78, 5) is 11.0. The number of anilines is 1. The van der Waals surface area contributed by atoms with Crippen LogP contribution in [0.15, 0.2) is 42.5 Å². The standard InChI is InChI=1S/C16H18N2O3/c1-20-14-7-13(8-15(9-14)21-2)18-10-11-3-5-12(6-4-11)16(17)19/h3-9,18H,10H2,1-2H3,(H2,17,19). The van der Waals surface area contributed by atoms with Crippen LogP contribution in [0.3, 0.4) is 0 Å². The minimum Gasteiger partial charge on any atom is -0.497 e. The van der Waals surface area contributed by atoms with Gasteiger partial charge in [-0.15, -0.1) is 0 Å². The molecule has 0 bridgehead atoms. The van der Waals surface area contributed by atoms with Crippen molar-refractivity contribution in [2.75, 3.05) is 19.5 Å². The molecule has 0 aliphatic heterocycles. The van der Waals surface area contributed by atoms with E-state index in [1.807, 2.05) is 30.3 Å². The molecule has 1 amide bonds. The first-order valence-corrected chi connectivity index (χ1v) is 6.48. The topological polar surface area (TPSA) is 73.6 Å². The van der Waals surface area contributed by atoms with Crippen LogP contribution in [0.4, 0.5) is 5.69 Å². The molecule has 0 aliphatic carbocycles. The Bertz CT molecular complexity index is 602. The highest BCUT2D eigenvalue weighted by atomic mass is 16.5. The van der Waals surface area contributed by atoms with Crippen molar-refractivity contribution in [2.24, 2.45) is 5.73 Å². The molecule has 2 aromatic rings. The maximum absolute atomic E-state index is 11.0. The number of carbonyl (C=O) groups excluding carboxylic acids is 1. The third-order valence-electron chi connectivity index (χ3n) is 3.09. The zero-order chi connectivity index (χ0) is 15.2. The predicted molar refractivity (Wildman–Crippen MR) is 81.8 cm³/mol. The Labute approximate surface area is 123 Å². The quantitative estimate of drug-likeness (QED) is 0.855. The van der Waals surface area contributed by atoms with Crippen molar-refractivity contribution in [3.63, 3.8) is 0 Å². The lowest BCUT2D eigenvalue weighted by molar-refractivity contribution is 0.100. The second kappa shape index (κ2) is 6.65. The molecular formula is C16H18N2O3. The summed E-state index contributed by atoms with van der Waals surface area (Å²) in [5.41, 5.74) is 7.65. The number of methoxy groups -OCH3 is 2. The van der Waals surface area contributed by atoms with Crippen LogP contribution < -0.4 is 20.5 Å². The predicted octanol–water partition coefficient (Wildman–Crippen LogP) is 2.41. The van der Waals surface area contributed by atoms with Crippen LogP contribution in [0.2, 0.25) is 0 Å². The summed E-state index contributed by atoms with van der Waals surface area (Å²) >= 11 is 0. The van der Waals surface area contributed by atoms with E-state index in [1.54, 1.807) is 26.4 Å². The first kappa shape index (κ1) is 14.7. The number of rotatable bonds is 6. The van der Waals surface area contributed by atoms with Crippen molar-refractivity contribution >= 4 is 11.6 Å². The monoisotopic (exact) mass is 286 g/mol. The molecule has 5 heteroatoms. The Balaban J connectivity index is 2.06. The van der Waals surface area contributed by atoms with Gasteiger partial charge in [0.05, 0.1) is 14.2 Å². The van der Waals surface area contributed by atoms with E-state index in [2.05, 4.69) is 5.32 Å². The van der Waals surface area contributed by atoms with Crippen LogP contribution >= 0.6 is 0 Å². The number of primary amides is 1. The van der Waals surface area contributed by atoms with Gasteiger partial charge in [-0.25, -0.2) is 0 Å². The molecule has 0 radical (unpaired) electrons. The van der Waals surface area contributed by atoms with Crippen molar-refractivity contribution in [1.29, 1.82) is 0 Å². The summed E-state index contributed by atoms with van der Waals surface area (Å²) in [6.07, 6.45) is 0. The number of benzene rings is 2. The molecule has 0 unspecified atom stereocenters. The van der Waals surface area contributed by atoms with Crippen molar-refractivity contribution < 1.29 is 14.3 Å². The van der Waals surface area contributed by atoms with Crippen LogP contribution in [0.25, 0.3) is 0 Å². The zero-order valence-corrected chi connectivity index (χ0v) is 12.1. The Morgan fingerprint density at radius 3 is 2.10 bits per heavy atom. The van der Waals surface area contributed by atoms with Gasteiger partial charge in [0.2, 0.25) is 5.91 Å². The summed E-state index contributed by atoms with van der Waals surface area (Å²) in [5.74, 6) is 1.02. The van der Waals surface area contributed by atoms with Gasteiger partial charge in [0.1, 0.15) is 11.5 Å². The van der Waals surface area contributed by atoms with Crippen LogP contribution in [0.5, 0.6) is 11.5 Å². The molecular weight excluding hydrogens is 268 g/mol. The molecule has 0 atom stereocenters. The maximum Gasteiger partial charge on any atom is 0.248 e. The minimum absolute atomic E-state index is 0.424. The Kier molecular flexibility index (Phi) is 4.66. The highest BCUT2D eigenvalue weighted by Crippen LogP contribution is 2.26. The van der Waals surface area contributed by atoms with Gasteiger partial charge in [-0.05, 0) is 17.7 Å². The average Bonchev–Trinajstić information content (AvgIpc) is 2.52. The van der Waals surface area contributed by atoms with Crippen LogP contribution in [-0.2, 0) is 6.54 Å². The molecule has 2 rings (SSSR count). The molecule has 0 fully saturated rings. The second-order valence-corrected chi connectivity index (χ2v) is 4.52. The van der Waals surface area contributed by atoms with Gasteiger partial charge in [-0.2, -0.15) is 0 Å². The second-order valence-electron chi connectivity index (χ2n) is 4.52. The van der Waals surface area contributed by atoms with Gasteiger partial charge in [0, 0.05) is 36.0 Å². The first-order chi connectivity index (χ1) is 10.1. The number of carbonyl (C=O) groups is 1. The van der Waals surface area contributed by atoms with Crippen LogP contribution in [0.1, 0.15) is 15.9 Å². The Hall–Kier alpha value is -2.69. The Morgan fingerprint density at radius 2 is 1.62 bits per heavy atom. The van der Waals surface area contributed by atoms with E-state index in [9.17, 15) is 4.79 Å². The van der Waals surface area contributed by atoms with Crippen molar-refractivity contribution in [1.82, 2.24) is 0 Å². The summed E-state index contributed by atoms with van der Waals surface area (Å²) < 4.78 is 10.4. The maximum atomic E-state index is 11.0. The van der Waals surface area contributed by atoms with E-state index in [1.165, 1.54) is 0 Å². The normalized spacial score (nSPS) is 10.0. The molecule has 0 saturated carbocycles. The lowest BCUT2D eigenvalue weighted by Gasteiger charge is -2.11. The van der Waals surface area contributed by atoms with Crippen molar-refractivity contribution in [2.45, 2.75) is 6.54 Å². The third kappa shape index (κ3) is 3.89. The number of hydrogen-bond acceptors (Lipinski definition) is 4. The van der Waals surface area contributed by atoms with Gasteiger partial charge >= 0.3 is 0 Å². The number of ether oxygens (including phenoxy) is 2. The largest absolute Gasteiger partial charge is 0.497 e. The molecule has 0 spiro atoms. The highest BCUT2D eigenvalue weighted by molar-refractivity contribution is 5.92. The number of hydrogen-bond donors (Lipinski definition) is 2. The van der Waals surface area contributed by atoms with Crippen LogP contribution in [-0.4, -0.2) is 20.1 Å². The van der Waals surface area contributed by atoms with E-state index in [-0.39, 0.29) is 0 Å². The molecule has 110 valence electrons. The lowest BCUT2D eigenvalue weighted by atomic mass is 10.1. The van der Waals surface area contributed by atoms with E-state index in [0.29, 0.717) is 12.1 Å². The molecule has 21 heavy (non-hydrogen) atoms. The summed E-state index contributed by atoms with van der Waals surface area (Å²) in [6.45, 7) is 0.620. The molecule has 5 nitrogen and oxygen atoms in total. The molecule has 2 aromatic carbocycles. The molecule has 0 aromatic heterocycles. The summed E-state index contributed by atoms with van der Waals surface area (Å²) in [5, 5.41) is 3.28. The first-order valence-electron chi connectivity index (χ1n) is 6.48. The van der Waals surface area contributed by atoms with E-state index < -0.39 is 5.91 Å². The molecule has 0 saturated heterocycles. The third-order valence-corrected chi connectivity index (χ3v) is 3.09. The van der Waals surface area contributed by atoms with Crippen molar-refractivity contribution in [3.05, 3.63) is 53.6 Å². The Morgan fingerprint density at radius 1 is 1.05 bits per heavy atom. The molecule has 0 heterocycles. The fraction of sp³-hybridized carbons (Fsp3) is 0.188. The van der Waals surface area contributed by atoms with E-state index in [4.69, 9.17) is 15.2 Å². The van der Waals surface area contributed by atoms with Gasteiger partial charge in [-0.1, -0.05) is 12.1 Å². The number of amides is 1. The summed E-state index contributed by atoms with van der Waals surface area (Å²) in [6, 6.07) is 12.7. The fourth-order valence-corrected chi connectivity index (χ4v) is 1.90. The van der Waals surface area contributed by atoms with E-state index >= 15 is 0 Å². The smallest absolute Gasteiger partial charge is 0.248 e. The average molecular weight is 286 g/mol. The van der Waals surface area contributed by atoms with Crippen LogP contribution in [0, 0.1) is 0 Å². The SMILES string of the molecule is COc1cc(NCc2ccc(C(N)=O)cc2)cc(OC)c1. The van der Waals surface area contributed by atoms with Gasteiger partial charge in [0.25, 0.3) is 0 Å². The minimum atomic E-state index is -0.424. The fourth-order valence-electron chi connectivity index (χ4n) is 1.90.